The summed E-state index contributed by atoms with van der Waals surface area (Å²) in [6, 6.07) is 12.7. The molecule has 1 amide bonds. The molecule has 0 saturated heterocycles. The molecule has 0 bridgehead atoms. The Balaban J connectivity index is 1.47. The number of halogens is 1. The Bertz CT molecular complexity index is 1290. The van der Waals surface area contributed by atoms with Gasteiger partial charge in [0.15, 0.2) is 5.13 Å². The van der Waals surface area contributed by atoms with E-state index in [1.54, 1.807) is 24.4 Å². The zero-order valence-corrected chi connectivity index (χ0v) is 17.7. The third kappa shape index (κ3) is 4.92. The van der Waals surface area contributed by atoms with Gasteiger partial charge in [-0.2, -0.15) is 0 Å². The topological polar surface area (TPSA) is 76.9 Å². The average molecular weight is 434 g/mol. The van der Waals surface area contributed by atoms with Crippen LogP contribution < -0.4 is 10.9 Å². The van der Waals surface area contributed by atoms with Crippen LogP contribution in [-0.4, -0.2) is 20.4 Å². The molecular formula is C23H19FN4O2S. The second-order valence-electron chi connectivity index (χ2n) is 7.17. The number of hydrogen-bond acceptors (Lipinski definition) is 5. The molecule has 6 nitrogen and oxygen atoms in total. The highest BCUT2D eigenvalue weighted by Crippen LogP contribution is 2.25. The number of carbonyl (C=O) groups excluding carboxylic acids is 1. The van der Waals surface area contributed by atoms with Crippen molar-refractivity contribution in [1.29, 1.82) is 0 Å². The molecule has 156 valence electrons. The van der Waals surface area contributed by atoms with Gasteiger partial charge in [-0.15, -0.1) is 11.3 Å². The van der Waals surface area contributed by atoms with Gasteiger partial charge < -0.3 is 4.57 Å². The van der Waals surface area contributed by atoms with Gasteiger partial charge in [0.1, 0.15) is 11.5 Å². The minimum absolute atomic E-state index is 0.238. The molecule has 0 fully saturated rings. The maximum absolute atomic E-state index is 13.0. The van der Waals surface area contributed by atoms with Crippen molar-refractivity contribution in [1.82, 2.24) is 14.5 Å². The molecule has 1 aromatic carbocycles. The predicted molar refractivity (Wildman–Crippen MR) is 119 cm³/mol. The van der Waals surface area contributed by atoms with Crippen LogP contribution in [0.25, 0.3) is 11.4 Å². The molecule has 3 aromatic heterocycles. The van der Waals surface area contributed by atoms with Crippen LogP contribution in [0.4, 0.5) is 9.52 Å². The van der Waals surface area contributed by atoms with Gasteiger partial charge in [-0.3, -0.25) is 19.9 Å². The number of thiazole rings is 1. The summed E-state index contributed by atoms with van der Waals surface area (Å²) in [6.45, 7) is 4.20. The maximum atomic E-state index is 13.0. The quantitative estimate of drug-likeness (QED) is 0.504. The van der Waals surface area contributed by atoms with Crippen molar-refractivity contribution in [3.63, 3.8) is 0 Å². The van der Waals surface area contributed by atoms with E-state index in [1.165, 1.54) is 34.1 Å². The number of aryl methyl sites for hydroxylation is 2. The molecule has 0 aliphatic carbocycles. The van der Waals surface area contributed by atoms with Crippen LogP contribution in [0.5, 0.6) is 0 Å². The summed E-state index contributed by atoms with van der Waals surface area (Å²) >= 11 is 1.29. The Hall–Kier alpha value is -3.65. The molecule has 0 aliphatic rings. The van der Waals surface area contributed by atoms with Gasteiger partial charge in [0.25, 0.3) is 11.5 Å². The summed E-state index contributed by atoms with van der Waals surface area (Å²) in [7, 11) is 0. The van der Waals surface area contributed by atoms with Crippen molar-refractivity contribution < 1.29 is 9.18 Å². The van der Waals surface area contributed by atoms with Crippen molar-refractivity contribution in [3.05, 3.63) is 98.7 Å². The van der Waals surface area contributed by atoms with Crippen LogP contribution >= 0.6 is 11.3 Å². The van der Waals surface area contributed by atoms with Crippen LogP contribution in [0.1, 0.15) is 27.2 Å². The average Bonchev–Trinajstić information content (AvgIpc) is 3.19. The molecule has 0 unspecified atom stereocenters. The Morgan fingerprint density at radius 3 is 2.55 bits per heavy atom. The first kappa shape index (κ1) is 20.6. The van der Waals surface area contributed by atoms with Gasteiger partial charge in [-0.25, -0.2) is 9.37 Å². The lowest BCUT2D eigenvalue weighted by molar-refractivity contribution is 0.102. The molecule has 31 heavy (non-hydrogen) atoms. The number of hydrogen-bond donors (Lipinski definition) is 1. The first-order valence-electron chi connectivity index (χ1n) is 9.55. The normalized spacial score (nSPS) is 10.8. The molecule has 0 saturated carbocycles. The number of nitrogens with one attached hydrogen (secondary N) is 1. The van der Waals surface area contributed by atoms with Crippen molar-refractivity contribution >= 4 is 22.4 Å². The van der Waals surface area contributed by atoms with E-state index in [0.717, 1.165) is 22.5 Å². The highest BCUT2D eigenvalue weighted by Gasteiger charge is 2.12. The number of carbonyl (C=O) groups is 1. The van der Waals surface area contributed by atoms with Gasteiger partial charge in [-0.1, -0.05) is 12.1 Å². The molecule has 0 radical (unpaired) electrons. The standard InChI is InChI=1S/C23H19FN4O2S/c1-14-9-15(2)25-19(10-14)20-13-31-23(26-20)27-22(30)17-7-8-28(21(29)11-17)12-16-3-5-18(24)6-4-16/h3-11,13H,12H2,1-2H3,(H,26,27,30). The molecule has 0 aliphatic heterocycles. The van der Waals surface area contributed by atoms with E-state index in [1.807, 2.05) is 31.4 Å². The fourth-order valence-corrected chi connectivity index (χ4v) is 3.86. The number of pyridine rings is 2. The fourth-order valence-electron chi connectivity index (χ4n) is 3.16. The molecule has 8 heteroatoms. The fraction of sp³-hybridized carbons (Fsp3) is 0.130. The summed E-state index contributed by atoms with van der Waals surface area (Å²) in [5, 5.41) is 4.99. The first-order chi connectivity index (χ1) is 14.9. The summed E-state index contributed by atoms with van der Waals surface area (Å²) in [5.74, 6) is -0.748. The largest absolute Gasteiger partial charge is 0.311 e. The zero-order chi connectivity index (χ0) is 22.0. The number of amides is 1. The van der Waals surface area contributed by atoms with Crippen molar-refractivity contribution in [3.8, 4) is 11.4 Å². The van der Waals surface area contributed by atoms with Gasteiger partial charge in [0.05, 0.1) is 12.2 Å². The molecule has 3 heterocycles. The number of rotatable bonds is 5. The minimum atomic E-state index is -0.416. The van der Waals surface area contributed by atoms with E-state index in [9.17, 15) is 14.0 Å². The van der Waals surface area contributed by atoms with E-state index >= 15 is 0 Å². The van der Waals surface area contributed by atoms with Gasteiger partial charge >= 0.3 is 0 Å². The molecule has 4 aromatic rings. The lowest BCUT2D eigenvalue weighted by Crippen LogP contribution is -2.22. The SMILES string of the molecule is Cc1cc(C)nc(-c2csc(NC(=O)c3ccn(Cc4ccc(F)cc4)c(=O)c3)n2)c1. The summed E-state index contributed by atoms with van der Waals surface area (Å²) < 4.78 is 14.5. The van der Waals surface area contributed by atoms with Gasteiger partial charge in [0.2, 0.25) is 0 Å². The van der Waals surface area contributed by atoms with Crippen LogP contribution in [0.15, 0.2) is 64.9 Å². The molecular weight excluding hydrogens is 415 g/mol. The van der Waals surface area contributed by atoms with Crippen LogP contribution in [0, 0.1) is 19.7 Å². The number of aromatic nitrogens is 3. The molecule has 1 N–H and O–H groups in total. The van der Waals surface area contributed by atoms with Crippen LogP contribution in [-0.2, 0) is 6.54 Å². The van der Waals surface area contributed by atoms with E-state index in [4.69, 9.17) is 0 Å². The van der Waals surface area contributed by atoms with Crippen molar-refractivity contribution in [2.75, 3.05) is 5.32 Å². The van der Waals surface area contributed by atoms with E-state index in [-0.39, 0.29) is 16.9 Å². The van der Waals surface area contributed by atoms with Crippen LogP contribution in [0.2, 0.25) is 0 Å². The van der Waals surface area contributed by atoms with Crippen molar-refractivity contribution in [2.24, 2.45) is 0 Å². The lowest BCUT2D eigenvalue weighted by Gasteiger charge is -2.07. The molecule has 0 spiro atoms. The summed E-state index contributed by atoms with van der Waals surface area (Å²) in [4.78, 5) is 33.9. The highest BCUT2D eigenvalue weighted by molar-refractivity contribution is 7.14. The maximum Gasteiger partial charge on any atom is 0.257 e. The lowest BCUT2D eigenvalue weighted by atomic mass is 10.2. The second kappa shape index (κ2) is 8.61. The third-order valence-corrected chi connectivity index (χ3v) is 5.37. The Morgan fingerprint density at radius 2 is 1.84 bits per heavy atom. The van der Waals surface area contributed by atoms with E-state index in [2.05, 4.69) is 15.3 Å². The van der Waals surface area contributed by atoms with Crippen molar-refractivity contribution in [2.45, 2.75) is 20.4 Å². The number of nitrogens with zero attached hydrogens (tertiary/aromatic N) is 3. The van der Waals surface area contributed by atoms with Crippen LogP contribution in [0.3, 0.4) is 0 Å². The third-order valence-electron chi connectivity index (χ3n) is 4.61. The predicted octanol–water partition coefficient (Wildman–Crippen LogP) is 4.42. The van der Waals surface area contributed by atoms with E-state index in [0.29, 0.717) is 17.4 Å². The summed E-state index contributed by atoms with van der Waals surface area (Å²) in [6.07, 6.45) is 1.55. The first-order valence-corrected chi connectivity index (χ1v) is 10.4. The molecule has 4 rings (SSSR count). The molecule has 0 atom stereocenters. The monoisotopic (exact) mass is 434 g/mol. The number of benzene rings is 1. The highest BCUT2D eigenvalue weighted by atomic mass is 32.1. The number of anilines is 1. The second-order valence-corrected chi connectivity index (χ2v) is 8.03. The van der Waals surface area contributed by atoms with Gasteiger partial charge in [0, 0.05) is 28.9 Å². The van der Waals surface area contributed by atoms with E-state index < -0.39 is 5.91 Å². The minimum Gasteiger partial charge on any atom is -0.311 e. The summed E-state index contributed by atoms with van der Waals surface area (Å²) in [5.41, 5.74) is 4.12. The Labute approximate surface area is 182 Å². The smallest absolute Gasteiger partial charge is 0.257 e. The zero-order valence-electron chi connectivity index (χ0n) is 16.9. The Kier molecular flexibility index (Phi) is 5.73. The Morgan fingerprint density at radius 1 is 1.06 bits per heavy atom. The van der Waals surface area contributed by atoms with Gasteiger partial charge in [-0.05, 0) is 55.3 Å².